The zero-order valence-electron chi connectivity index (χ0n) is 7.90. The summed E-state index contributed by atoms with van der Waals surface area (Å²) in [5.74, 6) is 1.01. The highest BCUT2D eigenvalue weighted by Gasteiger charge is 2.26. The molecule has 1 aromatic carbocycles. The predicted octanol–water partition coefficient (Wildman–Crippen LogP) is 2.99. The van der Waals surface area contributed by atoms with Crippen LogP contribution in [0.2, 0.25) is 0 Å². The van der Waals surface area contributed by atoms with Gasteiger partial charge in [0.15, 0.2) is 0 Å². The van der Waals surface area contributed by atoms with Crippen molar-refractivity contribution in [2.45, 2.75) is 5.92 Å². The average molecular weight is 265 g/mol. The van der Waals surface area contributed by atoms with Gasteiger partial charge in [-0.3, -0.25) is 0 Å². The van der Waals surface area contributed by atoms with Gasteiger partial charge in [0.25, 0.3) is 0 Å². The minimum atomic E-state index is 0.229. The van der Waals surface area contributed by atoms with Crippen LogP contribution in [-0.2, 0) is 0 Å². The molecule has 0 saturated carbocycles. The first-order chi connectivity index (χ1) is 7.34. The van der Waals surface area contributed by atoms with Crippen LogP contribution in [0.3, 0.4) is 0 Å². The van der Waals surface area contributed by atoms with Crippen LogP contribution >= 0.6 is 15.9 Å². The summed E-state index contributed by atoms with van der Waals surface area (Å²) in [7, 11) is 0. The van der Waals surface area contributed by atoms with Gasteiger partial charge in [-0.1, -0.05) is 15.9 Å². The lowest BCUT2D eigenvalue weighted by atomic mass is 10.0. The highest BCUT2D eigenvalue weighted by atomic mass is 79.9. The van der Waals surface area contributed by atoms with E-state index < -0.39 is 0 Å². The Balaban J connectivity index is 2.08. The molecule has 4 heteroatoms. The Hall–Kier alpha value is -1.29. The second-order valence-electron chi connectivity index (χ2n) is 3.54. The lowest BCUT2D eigenvalue weighted by Crippen LogP contribution is -2.03. The number of anilines is 1. The minimum Gasteiger partial charge on any atom is -0.448 e. The molecule has 0 saturated heterocycles. The van der Waals surface area contributed by atoms with Crippen molar-refractivity contribution in [1.82, 2.24) is 4.98 Å². The van der Waals surface area contributed by atoms with Crippen LogP contribution in [0.4, 0.5) is 5.69 Å². The molecular formula is C11H9BrN2O. The van der Waals surface area contributed by atoms with Crippen molar-refractivity contribution >= 4 is 21.6 Å². The molecule has 3 rings (SSSR count). The fourth-order valence-corrected chi connectivity index (χ4v) is 2.31. The van der Waals surface area contributed by atoms with Crippen molar-refractivity contribution in [2.24, 2.45) is 0 Å². The van der Waals surface area contributed by atoms with Gasteiger partial charge >= 0.3 is 0 Å². The third kappa shape index (κ3) is 1.45. The molecule has 0 fully saturated rings. The number of fused-ring (bicyclic) bond motifs is 1. The van der Waals surface area contributed by atoms with E-state index in [-0.39, 0.29) is 5.92 Å². The SMILES string of the molecule is Brc1ccc2c(c1)[C@@H](c1ncco1)CN2. The summed E-state index contributed by atoms with van der Waals surface area (Å²) in [6.45, 7) is 0.853. The largest absolute Gasteiger partial charge is 0.448 e. The van der Waals surface area contributed by atoms with Gasteiger partial charge in [-0.2, -0.15) is 0 Å². The van der Waals surface area contributed by atoms with Crippen molar-refractivity contribution < 1.29 is 4.42 Å². The molecule has 15 heavy (non-hydrogen) atoms. The Kier molecular flexibility index (Phi) is 2.02. The van der Waals surface area contributed by atoms with E-state index in [1.54, 1.807) is 12.5 Å². The van der Waals surface area contributed by atoms with E-state index in [0.717, 1.165) is 16.9 Å². The van der Waals surface area contributed by atoms with Gasteiger partial charge in [0, 0.05) is 16.7 Å². The van der Waals surface area contributed by atoms with Crippen LogP contribution in [0.25, 0.3) is 0 Å². The van der Waals surface area contributed by atoms with Gasteiger partial charge in [-0.15, -0.1) is 0 Å². The van der Waals surface area contributed by atoms with Crippen LogP contribution in [0.5, 0.6) is 0 Å². The molecule has 0 radical (unpaired) electrons. The van der Waals surface area contributed by atoms with Crippen LogP contribution in [0, 0.1) is 0 Å². The van der Waals surface area contributed by atoms with Gasteiger partial charge in [0.2, 0.25) is 5.89 Å². The van der Waals surface area contributed by atoms with Gasteiger partial charge in [-0.25, -0.2) is 4.98 Å². The Labute approximate surface area is 95.6 Å². The fraction of sp³-hybridized carbons (Fsp3) is 0.182. The molecule has 0 bridgehead atoms. The Morgan fingerprint density at radius 2 is 2.40 bits per heavy atom. The van der Waals surface area contributed by atoms with Gasteiger partial charge < -0.3 is 9.73 Å². The van der Waals surface area contributed by atoms with Gasteiger partial charge in [0.1, 0.15) is 6.26 Å². The minimum absolute atomic E-state index is 0.229. The van der Waals surface area contributed by atoms with Gasteiger partial charge in [0.05, 0.1) is 12.1 Å². The molecule has 1 aliphatic heterocycles. The number of hydrogen-bond acceptors (Lipinski definition) is 3. The number of hydrogen-bond donors (Lipinski definition) is 1. The van der Waals surface area contributed by atoms with E-state index in [2.05, 4.69) is 38.4 Å². The van der Waals surface area contributed by atoms with E-state index in [9.17, 15) is 0 Å². The number of aromatic nitrogens is 1. The molecule has 1 N–H and O–H groups in total. The molecule has 2 heterocycles. The Morgan fingerprint density at radius 1 is 1.47 bits per heavy atom. The molecule has 0 amide bonds. The molecule has 1 aliphatic rings. The topological polar surface area (TPSA) is 38.1 Å². The monoisotopic (exact) mass is 264 g/mol. The predicted molar refractivity (Wildman–Crippen MR) is 61.0 cm³/mol. The number of rotatable bonds is 1. The molecule has 1 aromatic heterocycles. The highest BCUT2D eigenvalue weighted by Crippen LogP contribution is 2.36. The average Bonchev–Trinajstić information content (AvgIpc) is 2.83. The van der Waals surface area contributed by atoms with Crippen LogP contribution in [-0.4, -0.2) is 11.5 Å². The highest BCUT2D eigenvalue weighted by molar-refractivity contribution is 9.10. The third-order valence-corrected chi connectivity index (χ3v) is 3.13. The van der Waals surface area contributed by atoms with Gasteiger partial charge in [-0.05, 0) is 23.8 Å². The normalized spacial score (nSPS) is 18.6. The maximum atomic E-state index is 5.35. The maximum absolute atomic E-state index is 5.35. The maximum Gasteiger partial charge on any atom is 0.203 e. The molecule has 3 nitrogen and oxygen atoms in total. The summed E-state index contributed by atoms with van der Waals surface area (Å²) < 4.78 is 6.43. The summed E-state index contributed by atoms with van der Waals surface area (Å²) in [5, 5.41) is 3.34. The summed E-state index contributed by atoms with van der Waals surface area (Å²) in [6.07, 6.45) is 3.30. The first kappa shape index (κ1) is 8.97. The zero-order chi connectivity index (χ0) is 10.3. The number of nitrogens with zero attached hydrogens (tertiary/aromatic N) is 1. The first-order valence-electron chi connectivity index (χ1n) is 4.77. The van der Waals surface area contributed by atoms with E-state index in [0.29, 0.717) is 0 Å². The second kappa shape index (κ2) is 3.38. The van der Waals surface area contributed by atoms with Crippen LogP contribution in [0.15, 0.2) is 39.5 Å². The van der Waals surface area contributed by atoms with Crippen LogP contribution < -0.4 is 5.32 Å². The van der Waals surface area contributed by atoms with E-state index in [1.165, 1.54) is 11.3 Å². The van der Waals surface area contributed by atoms with E-state index in [1.807, 2.05) is 6.07 Å². The summed E-state index contributed by atoms with van der Waals surface area (Å²) in [6, 6.07) is 6.22. The van der Waals surface area contributed by atoms with Crippen molar-refractivity contribution in [2.75, 3.05) is 11.9 Å². The lowest BCUT2D eigenvalue weighted by molar-refractivity contribution is 0.480. The Morgan fingerprint density at radius 3 is 3.20 bits per heavy atom. The zero-order valence-corrected chi connectivity index (χ0v) is 9.49. The van der Waals surface area contributed by atoms with Crippen molar-refractivity contribution in [3.63, 3.8) is 0 Å². The second-order valence-corrected chi connectivity index (χ2v) is 4.45. The molecule has 2 aromatic rings. The fourth-order valence-electron chi connectivity index (χ4n) is 1.93. The standard InChI is InChI=1S/C11H9BrN2O/c12-7-1-2-10-8(5-7)9(6-14-10)11-13-3-4-15-11/h1-5,9,14H,6H2/t9-/m0/s1. The number of nitrogens with one attached hydrogen (secondary N) is 1. The molecule has 0 unspecified atom stereocenters. The number of oxazole rings is 1. The van der Waals surface area contributed by atoms with Crippen molar-refractivity contribution in [3.8, 4) is 0 Å². The number of halogens is 1. The number of benzene rings is 1. The third-order valence-electron chi connectivity index (χ3n) is 2.64. The van der Waals surface area contributed by atoms with E-state index >= 15 is 0 Å². The summed E-state index contributed by atoms with van der Waals surface area (Å²) in [4.78, 5) is 4.20. The van der Waals surface area contributed by atoms with Crippen molar-refractivity contribution in [3.05, 3.63) is 46.6 Å². The van der Waals surface area contributed by atoms with Crippen LogP contribution in [0.1, 0.15) is 17.4 Å². The lowest BCUT2D eigenvalue weighted by Gasteiger charge is -2.05. The Bertz CT molecular complexity index is 481. The molecule has 0 aliphatic carbocycles. The summed E-state index contributed by atoms with van der Waals surface area (Å²) >= 11 is 3.48. The molecular weight excluding hydrogens is 256 g/mol. The molecule has 76 valence electrons. The van der Waals surface area contributed by atoms with Crippen molar-refractivity contribution in [1.29, 1.82) is 0 Å². The summed E-state index contributed by atoms with van der Waals surface area (Å²) in [5.41, 5.74) is 2.41. The smallest absolute Gasteiger partial charge is 0.203 e. The quantitative estimate of drug-likeness (QED) is 0.861. The molecule has 1 atom stereocenters. The molecule has 0 spiro atoms. The van der Waals surface area contributed by atoms with E-state index in [4.69, 9.17) is 4.42 Å². The first-order valence-corrected chi connectivity index (χ1v) is 5.56.